The average Bonchev–Trinajstić information content (AvgIpc) is 3.84. The third kappa shape index (κ3) is 4.72. The maximum atomic E-state index is 10.9. The van der Waals surface area contributed by atoms with Crippen molar-refractivity contribution in [2.45, 2.75) is 31.1 Å². The summed E-state index contributed by atoms with van der Waals surface area (Å²) in [6.45, 7) is 6.41. The standard InChI is InChI=1S/C31H39N5O3.H2/c1-35-10-12-36(13-11-35)27-7-5-6-22-16-21(27)19-38-14-3-2-4-15-39-20-24-26-18-31(26,25-17-23(25)29(24)37)28-8-9-32-30(33-22)34-28;/h2-3,6-9,16,23,25-26,37H,4-5,10-15,17-20H2,1H3,(H,32,33,34);1H/b3-2+;. The van der Waals surface area contributed by atoms with Gasteiger partial charge in [-0.1, -0.05) is 24.3 Å². The Hall–Kier alpha value is -2.94. The molecule has 1 aromatic rings. The molecule has 0 spiro atoms. The van der Waals surface area contributed by atoms with Crippen molar-refractivity contribution in [1.82, 2.24) is 19.8 Å². The highest BCUT2D eigenvalue weighted by Crippen LogP contribution is 2.74. The Morgan fingerprint density at radius 3 is 2.92 bits per heavy atom. The maximum absolute atomic E-state index is 10.9. The van der Waals surface area contributed by atoms with Crippen LogP contribution in [0, 0.1) is 17.8 Å². The zero-order valence-electron chi connectivity index (χ0n) is 22.8. The average molecular weight is 532 g/mol. The molecule has 6 aliphatic rings. The van der Waals surface area contributed by atoms with Crippen LogP contribution in [0.3, 0.4) is 0 Å². The van der Waals surface area contributed by atoms with Crippen molar-refractivity contribution in [3.05, 3.63) is 76.6 Å². The molecular weight excluding hydrogens is 490 g/mol. The van der Waals surface area contributed by atoms with Gasteiger partial charge < -0.3 is 29.7 Å². The molecule has 1 aromatic heterocycles. The molecule has 0 amide bonds. The van der Waals surface area contributed by atoms with Crippen molar-refractivity contribution < 1.29 is 16.0 Å². The third-order valence-electron chi connectivity index (χ3n) is 9.42. The minimum atomic E-state index is 0. The summed E-state index contributed by atoms with van der Waals surface area (Å²) in [6, 6.07) is 2.08. The number of aliphatic hydroxyl groups excluding tert-OH is 1. The monoisotopic (exact) mass is 531 g/mol. The molecule has 2 N–H and O–H groups in total. The molecular formula is C31H41N5O3. The van der Waals surface area contributed by atoms with Gasteiger partial charge >= 0.3 is 0 Å². The number of aliphatic hydroxyl groups is 1. The van der Waals surface area contributed by atoms with E-state index < -0.39 is 0 Å². The lowest BCUT2D eigenvalue weighted by molar-refractivity contribution is 0.149. The molecule has 2 aliphatic heterocycles. The van der Waals surface area contributed by atoms with Gasteiger partial charge in [-0.2, -0.15) is 0 Å². The third-order valence-corrected chi connectivity index (χ3v) is 9.42. The van der Waals surface area contributed by atoms with Crippen molar-refractivity contribution in [3.63, 3.8) is 0 Å². The van der Waals surface area contributed by atoms with Gasteiger partial charge in [0.25, 0.3) is 0 Å². The lowest BCUT2D eigenvalue weighted by Gasteiger charge is -2.36. The number of ether oxygens (including phenoxy) is 2. The Morgan fingerprint density at radius 2 is 2.03 bits per heavy atom. The number of allylic oxidation sites excluding steroid dienone is 4. The fraction of sp³-hybridized carbons (Fsp3) is 0.548. The van der Waals surface area contributed by atoms with Crippen LogP contribution in [-0.4, -0.2) is 84.5 Å². The van der Waals surface area contributed by atoms with E-state index in [4.69, 9.17) is 14.5 Å². The molecule has 39 heavy (non-hydrogen) atoms. The Kier molecular flexibility index (Phi) is 6.57. The Morgan fingerprint density at radius 1 is 1.13 bits per heavy atom. The van der Waals surface area contributed by atoms with E-state index in [1.807, 2.05) is 6.20 Å². The molecule has 7 rings (SSSR count). The van der Waals surface area contributed by atoms with E-state index in [0.29, 0.717) is 50.0 Å². The van der Waals surface area contributed by atoms with E-state index in [2.05, 4.69) is 63.6 Å². The van der Waals surface area contributed by atoms with E-state index in [-0.39, 0.29) is 12.8 Å². The van der Waals surface area contributed by atoms with Crippen LogP contribution in [0.2, 0.25) is 0 Å². The number of nitrogens with zero attached hydrogens (tertiary/aromatic N) is 4. The van der Waals surface area contributed by atoms with E-state index in [9.17, 15) is 5.11 Å². The van der Waals surface area contributed by atoms with E-state index in [1.165, 1.54) is 11.3 Å². The summed E-state index contributed by atoms with van der Waals surface area (Å²) in [7, 11) is 2.19. The van der Waals surface area contributed by atoms with Crippen molar-refractivity contribution in [3.8, 4) is 0 Å². The van der Waals surface area contributed by atoms with Gasteiger partial charge in [0.1, 0.15) is 0 Å². The summed E-state index contributed by atoms with van der Waals surface area (Å²) >= 11 is 0. The number of piperazine rings is 1. The normalized spacial score (nSPS) is 33.9. The Balaban J connectivity index is 0.00000289. The zero-order chi connectivity index (χ0) is 26.4. The SMILES string of the molecule is CN1CCN(C2=CCC=C3C=C2COC/C=C/CCOCC2=C(O)C4CC4C4(CC24)c2ccnc(n2)N3)CC1.[HH]. The number of hydrogen-bond donors (Lipinski definition) is 2. The molecule has 3 heterocycles. The minimum absolute atomic E-state index is 0. The number of fused-ring (bicyclic) bond motifs is 4. The Bertz CT molecular complexity index is 1280. The summed E-state index contributed by atoms with van der Waals surface area (Å²) in [4.78, 5) is 14.6. The number of rotatable bonds is 1. The summed E-state index contributed by atoms with van der Waals surface area (Å²) in [5.74, 6) is 2.27. The maximum Gasteiger partial charge on any atom is 0.227 e. The zero-order valence-corrected chi connectivity index (χ0v) is 22.8. The van der Waals surface area contributed by atoms with Crippen LogP contribution >= 0.6 is 0 Å². The first-order valence-electron chi connectivity index (χ1n) is 14.5. The molecule has 4 unspecified atom stereocenters. The van der Waals surface area contributed by atoms with Crippen LogP contribution in [0.25, 0.3) is 0 Å². The first-order valence-corrected chi connectivity index (χ1v) is 14.5. The fourth-order valence-corrected chi connectivity index (χ4v) is 7.15. The lowest BCUT2D eigenvalue weighted by Crippen LogP contribution is -2.44. The molecule has 8 nitrogen and oxygen atoms in total. The van der Waals surface area contributed by atoms with Crippen LogP contribution in [0.1, 0.15) is 32.8 Å². The van der Waals surface area contributed by atoms with Gasteiger partial charge in [0, 0.05) is 62.1 Å². The predicted octanol–water partition coefficient (Wildman–Crippen LogP) is 4.19. The fourth-order valence-electron chi connectivity index (χ4n) is 7.15. The number of aromatic nitrogens is 2. The summed E-state index contributed by atoms with van der Waals surface area (Å²) in [5.41, 5.74) is 5.66. The molecule has 0 radical (unpaired) electrons. The summed E-state index contributed by atoms with van der Waals surface area (Å²) < 4.78 is 12.2. The first-order chi connectivity index (χ1) is 19.1. The van der Waals surface area contributed by atoms with Gasteiger partial charge in [-0.05, 0) is 62.3 Å². The Labute approximate surface area is 232 Å². The second kappa shape index (κ2) is 10.2. The predicted molar refractivity (Wildman–Crippen MR) is 152 cm³/mol. The number of likely N-dealkylation sites (N-methyl/N-ethyl adjacent to an activating group) is 1. The largest absolute Gasteiger partial charge is 0.512 e. The molecule has 6 bridgehead atoms. The second-order valence-electron chi connectivity index (χ2n) is 11.8. The second-order valence-corrected chi connectivity index (χ2v) is 11.8. The molecule has 4 atom stereocenters. The van der Waals surface area contributed by atoms with Crippen LogP contribution in [0.4, 0.5) is 5.95 Å². The van der Waals surface area contributed by atoms with Gasteiger partial charge in [-0.3, -0.25) is 0 Å². The van der Waals surface area contributed by atoms with Crippen molar-refractivity contribution in [1.29, 1.82) is 0 Å². The first kappa shape index (κ1) is 25.1. The molecule has 4 aliphatic carbocycles. The van der Waals surface area contributed by atoms with Crippen molar-refractivity contribution in [2.24, 2.45) is 17.8 Å². The topological polar surface area (TPSA) is 83.0 Å². The van der Waals surface area contributed by atoms with Crippen LogP contribution < -0.4 is 5.32 Å². The highest BCUT2D eigenvalue weighted by atomic mass is 16.5. The summed E-state index contributed by atoms with van der Waals surface area (Å²) in [5, 5.41) is 14.5. The number of hydrogen-bond acceptors (Lipinski definition) is 8. The number of nitrogens with one attached hydrogen (secondary N) is 1. The van der Waals surface area contributed by atoms with Gasteiger partial charge in [-0.25, -0.2) is 9.97 Å². The van der Waals surface area contributed by atoms with Gasteiger partial charge in [-0.15, -0.1) is 0 Å². The smallest absolute Gasteiger partial charge is 0.227 e. The molecule has 8 heteroatoms. The quantitative estimate of drug-likeness (QED) is 0.522. The molecule has 2 saturated carbocycles. The molecule has 3 fully saturated rings. The number of anilines is 1. The lowest BCUT2D eigenvalue weighted by atomic mass is 9.84. The van der Waals surface area contributed by atoms with Gasteiger partial charge in [0.15, 0.2) is 0 Å². The van der Waals surface area contributed by atoms with Crippen LogP contribution in [0.5, 0.6) is 0 Å². The molecule has 0 aromatic carbocycles. The van der Waals surface area contributed by atoms with E-state index in [0.717, 1.165) is 68.8 Å². The van der Waals surface area contributed by atoms with Crippen molar-refractivity contribution in [2.75, 3.05) is 65.0 Å². The van der Waals surface area contributed by atoms with Crippen LogP contribution in [-0.2, 0) is 14.9 Å². The molecule has 1 saturated heterocycles. The highest BCUT2D eigenvalue weighted by Gasteiger charge is 2.72. The van der Waals surface area contributed by atoms with E-state index in [1.54, 1.807) is 0 Å². The summed E-state index contributed by atoms with van der Waals surface area (Å²) in [6.07, 6.45) is 16.6. The van der Waals surface area contributed by atoms with Crippen LogP contribution in [0.15, 0.2) is 70.9 Å². The highest BCUT2D eigenvalue weighted by molar-refractivity contribution is 5.50. The minimum Gasteiger partial charge on any atom is -0.512 e. The molecule has 208 valence electrons. The van der Waals surface area contributed by atoms with Crippen molar-refractivity contribution >= 4 is 5.95 Å². The van der Waals surface area contributed by atoms with Gasteiger partial charge in [0.2, 0.25) is 5.95 Å². The van der Waals surface area contributed by atoms with Gasteiger partial charge in [0.05, 0.1) is 37.9 Å². The van der Waals surface area contributed by atoms with E-state index >= 15 is 0 Å².